The normalized spacial score (nSPS) is 15.3. The van der Waals surface area contributed by atoms with Crippen molar-refractivity contribution in [3.8, 4) is 6.07 Å². The molecule has 3 rings (SSSR count). The van der Waals surface area contributed by atoms with Crippen molar-refractivity contribution in [3.05, 3.63) is 71.0 Å². The number of hydrogen-bond acceptors (Lipinski definition) is 4. The quantitative estimate of drug-likeness (QED) is 0.357. The Morgan fingerprint density at radius 3 is 2.69 bits per heavy atom. The van der Waals surface area contributed by atoms with Gasteiger partial charge in [0.05, 0.1) is 17.7 Å². The maximum atomic E-state index is 13.9. The van der Waals surface area contributed by atoms with Gasteiger partial charge >= 0.3 is 0 Å². The fourth-order valence-electron chi connectivity index (χ4n) is 3.78. The van der Waals surface area contributed by atoms with Gasteiger partial charge in [-0.1, -0.05) is 30.3 Å². The summed E-state index contributed by atoms with van der Waals surface area (Å²) in [5, 5.41) is 15.3. The highest BCUT2D eigenvalue weighted by atomic mass is 19.1. The highest BCUT2D eigenvalue weighted by molar-refractivity contribution is 5.79. The number of rotatable bonds is 9. The highest BCUT2D eigenvalue weighted by Crippen LogP contribution is 2.16. The van der Waals surface area contributed by atoms with Crippen LogP contribution in [0.2, 0.25) is 0 Å². The average Bonchev–Trinajstić information content (AvgIpc) is 2.83. The predicted molar refractivity (Wildman–Crippen MR) is 125 cm³/mol. The van der Waals surface area contributed by atoms with Crippen molar-refractivity contribution in [3.63, 3.8) is 0 Å². The van der Waals surface area contributed by atoms with Crippen LogP contribution in [0.1, 0.15) is 36.0 Å². The molecule has 1 aliphatic heterocycles. The van der Waals surface area contributed by atoms with Crippen molar-refractivity contribution < 1.29 is 9.13 Å². The minimum absolute atomic E-state index is 0.263. The number of nitrogens with zero attached hydrogens (tertiary/aromatic N) is 3. The molecule has 7 heteroatoms. The van der Waals surface area contributed by atoms with Crippen LogP contribution >= 0.6 is 0 Å². The average molecular weight is 438 g/mol. The Labute approximate surface area is 190 Å². The molecule has 6 nitrogen and oxygen atoms in total. The lowest BCUT2D eigenvalue weighted by molar-refractivity contribution is 0.00534. The maximum absolute atomic E-state index is 13.9. The summed E-state index contributed by atoms with van der Waals surface area (Å²) in [5.41, 5.74) is 2.24. The molecule has 1 saturated heterocycles. The summed E-state index contributed by atoms with van der Waals surface area (Å²) in [6.45, 7) is 4.82. The Bertz CT molecular complexity index is 904. The van der Waals surface area contributed by atoms with Crippen LogP contribution in [-0.2, 0) is 17.8 Å². The third kappa shape index (κ3) is 7.63. The van der Waals surface area contributed by atoms with E-state index in [1.807, 2.05) is 6.07 Å². The van der Waals surface area contributed by atoms with Gasteiger partial charge in [-0.25, -0.2) is 4.39 Å². The van der Waals surface area contributed by atoms with E-state index < -0.39 is 0 Å². The molecule has 0 spiro atoms. The van der Waals surface area contributed by atoms with Crippen LogP contribution in [0, 0.1) is 17.1 Å². The molecule has 0 aromatic heterocycles. The van der Waals surface area contributed by atoms with Gasteiger partial charge in [0.25, 0.3) is 0 Å². The number of likely N-dealkylation sites (tertiary alicyclic amines) is 1. The van der Waals surface area contributed by atoms with Gasteiger partial charge in [0.2, 0.25) is 0 Å². The Hall–Kier alpha value is -2.95. The molecule has 1 heterocycles. The number of piperidine rings is 1. The van der Waals surface area contributed by atoms with Crippen molar-refractivity contribution in [1.82, 2.24) is 15.5 Å². The molecule has 2 N–H and O–H groups in total. The molecule has 1 fully saturated rings. The van der Waals surface area contributed by atoms with Gasteiger partial charge in [-0.05, 0) is 43.0 Å². The van der Waals surface area contributed by atoms with E-state index in [1.54, 1.807) is 13.1 Å². The van der Waals surface area contributed by atoms with E-state index >= 15 is 0 Å². The lowest BCUT2D eigenvalue weighted by atomic mass is 10.1. The molecule has 0 saturated carbocycles. The van der Waals surface area contributed by atoms with Gasteiger partial charge in [0, 0.05) is 51.9 Å². The zero-order valence-corrected chi connectivity index (χ0v) is 18.7. The topological polar surface area (TPSA) is 72.7 Å². The third-order valence-electron chi connectivity index (χ3n) is 5.60. The number of ether oxygens (including phenoxy) is 1. The Kier molecular flexibility index (Phi) is 9.48. The van der Waals surface area contributed by atoms with Gasteiger partial charge in [0.1, 0.15) is 5.82 Å². The predicted octanol–water partition coefficient (Wildman–Crippen LogP) is 3.43. The number of benzene rings is 2. The van der Waals surface area contributed by atoms with Crippen LogP contribution in [0.15, 0.2) is 53.5 Å². The number of aliphatic imine (C=N–C) groups is 1. The summed E-state index contributed by atoms with van der Waals surface area (Å²) in [7, 11) is 1.68. The smallest absolute Gasteiger partial charge is 0.191 e. The molecular formula is C25H32FN5O. The summed E-state index contributed by atoms with van der Waals surface area (Å²) < 4.78 is 20.0. The van der Waals surface area contributed by atoms with Gasteiger partial charge in [-0.3, -0.25) is 9.89 Å². The second-order valence-corrected chi connectivity index (χ2v) is 7.96. The molecule has 1 aliphatic rings. The minimum atomic E-state index is -0.338. The Morgan fingerprint density at radius 1 is 1.19 bits per heavy atom. The summed E-state index contributed by atoms with van der Waals surface area (Å²) in [5.74, 6) is 0.260. The summed E-state index contributed by atoms with van der Waals surface area (Å²) in [4.78, 5) is 6.65. The molecule has 170 valence electrons. The van der Waals surface area contributed by atoms with E-state index in [9.17, 15) is 4.39 Å². The summed E-state index contributed by atoms with van der Waals surface area (Å²) in [6.07, 6.45) is 3.33. The molecule has 0 amide bonds. The molecule has 0 aliphatic carbocycles. The van der Waals surface area contributed by atoms with Crippen LogP contribution in [0.5, 0.6) is 0 Å². The first-order valence-electron chi connectivity index (χ1n) is 11.2. The zero-order chi connectivity index (χ0) is 22.6. The van der Waals surface area contributed by atoms with E-state index in [4.69, 9.17) is 10.00 Å². The standard InChI is InChI=1S/C25H32FN5O/c1-28-25(30-18-22-16-21(17-27)8-9-24(22)26)29-12-5-15-32-23-10-13-31(14-11-23)19-20-6-3-2-4-7-20/h2-4,6-9,16,23H,5,10-15,18-19H2,1H3,(H2,28,29,30). The number of nitrogens with one attached hydrogen (secondary N) is 2. The van der Waals surface area contributed by atoms with Gasteiger partial charge in [-0.2, -0.15) is 5.26 Å². The molecule has 0 atom stereocenters. The first kappa shape index (κ1) is 23.7. The molecule has 0 bridgehead atoms. The fraction of sp³-hybridized carbons (Fsp3) is 0.440. The van der Waals surface area contributed by atoms with Crippen LogP contribution < -0.4 is 10.6 Å². The Morgan fingerprint density at radius 2 is 1.97 bits per heavy atom. The second kappa shape index (κ2) is 12.8. The Balaban J connectivity index is 1.28. The van der Waals surface area contributed by atoms with Gasteiger partial charge in [-0.15, -0.1) is 0 Å². The molecular weight excluding hydrogens is 405 g/mol. The van der Waals surface area contributed by atoms with E-state index in [2.05, 4.69) is 50.9 Å². The van der Waals surface area contributed by atoms with Gasteiger partial charge < -0.3 is 15.4 Å². The third-order valence-corrected chi connectivity index (χ3v) is 5.60. The van der Waals surface area contributed by atoms with E-state index in [1.165, 1.54) is 17.7 Å². The van der Waals surface area contributed by atoms with Crippen LogP contribution in [0.3, 0.4) is 0 Å². The van der Waals surface area contributed by atoms with E-state index in [0.717, 1.165) is 38.9 Å². The van der Waals surface area contributed by atoms with Crippen molar-refractivity contribution in [2.45, 2.75) is 38.5 Å². The molecule has 2 aromatic rings. The SMILES string of the molecule is CN=C(NCCCOC1CCN(Cc2ccccc2)CC1)NCc1cc(C#N)ccc1F. The van der Waals surface area contributed by atoms with Crippen molar-refractivity contribution in [1.29, 1.82) is 5.26 Å². The summed E-state index contributed by atoms with van der Waals surface area (Å²) in [6, 6.07) is 17.0. The van der Waals surface area contributed by atoms with Gasteiger partial charge in [0.15, 0.2) is 5.96 Å². The zero-order valence-electron chi connectivity index (χ0n) is 18.7. The summed E-state index contributed by atoms with van der Waals surface area (Å²) >= 11 is 0. The van der Waals surface area contributed by atoms with Crippen LogP contribution in [0.4, 0.5) is 4.39 Å². The maximum Gasteiger partial charge on any atom is 0.191 e. The molecule has 0 radical (unpaired) electrons. The monoisotopic (exact) mass is 437 g/mol. The number of halogens is 1. The van der Waals surface area contributed by atoms with Crippen LogP contribution in [0.25, 0.3) is 0 Å². The first-order chi connectivity index (χ1) is 15.7. The molecule has 0 unspecified atom stereocenters. The highest BCUT2D eigenvalue weighted by Gasteiger charge is 2.19. The van der Waals surface area contributed by atoms with Crippen molar-refractivity contribution in [2.24, 2.45) is 4.99 Å². The van der Waals surface area contributed by atoms with Crippen molar-refractivity contribution in [2.75, 3.05) is 33.3 Å². The fourth-order valence-corrected chi connectivity index (χ4v) is 3.78. The first-order valence-corrected chi connectivity index (χ1v) is 11.2. The number of hydrogen-bond donors (Lipinski definition) is 2. The largest absolute Gasteiger partial charge is 0.378 e. The van der Waals surface area contributed by atoms with Crippen LogP contribution in [-0.4, -0.2) is 50.3 Å². The lowest BCUT2D eigenvalue weighted by Gasteiger charge is -2.32. The number of guanidine groups is 1. The molecule has 2 aromatic carbocycles. The number of nitriles is 1. The van der Waals surface area contributed by atoms with E-state index in [-0.39, 0.29) is 12.4 Å². The lowest BCUT2D eigenvalue weighted by Crippen LogP contribution is -2.38. The molecule has 32 heavy (non-hydrogen) atoms. The van der Waals surface area contributed by atoms with E-state index in [0.29, 0.717) is 36.3 Å². The second-order valence-electron chi connectivity index (χ2n) is 7.96. The minimum Gasteiger partial charge on any atom is -0.378 e. The van der Waals surface area contributed by atoms with Crippen molar-refractivity contribution >= 4 is 5.96 Å².